The normalized spacial score (nSPS) is 19.1. The quantitative estimate of drug-likeness (QED) is 0.348. The molecule has 2 aliphatic heterocycles. The molecule has 5 heteroatoms. The fourth-order valence-corrected chi connectivity index (χ4v) is 6.08. The number of fused-ring (bicyclic) bond motifs is 1. The zero-order valence-electron chi connectivity index (χ0n) is 21.4. The first kappa shape index (κ1) is 24.1. The summed E-state index contributed by atoms with van der Waals surface area (Å²) < 4.78 is 0. The molecular weight excluding hydrogens is 462 g/mol. The van der Waals surface area contributed by atoms with E-state index in [1.165, 1.54) is 28.6 Å². The average Bonchev–Trinajstić information content (AvgIpc) is 3.15. The van der Waals surface area contributed by atoms with Crippen LogP contribution in [0.4, 0.5) is 17.1 Å². The lowest BCUT2D eigenvalue weighted by atomic mass is 9.87. The van der Waals surface area contributed by atoms with Crippen LogP contribution < -0.4 is 9.80 Å². The van der Waals surface area contributed by atoms with Crippen LogP contribution in [-0.2, 0) is 4.79 Å². The molecule has 2 aliphatic rings. The van der Waals surface area contributed by atoms with Gasteiger partial charge in [-0.1, -0.05) is 42.5 Å². The highest BCUT2D eigenvalue weighted by molar-refractivity contribution is 8.19. The summed E-state index contributed by atoms with van der Waals surface area (Å²) in [6.45, 7) is 12.0. The molecule has 1 saturated heterocycles. The zero-order chi connectivity index (χ0) is 25.4. The van der Waals surface area contributed by atoms with Crippen molar-refractivity contribution in [1.29, 1.82) is 0 Å². The molecule has 2 heterocycles. The second kappa shape index (κ2) is 9.47. The fourth-order valence-electron chi connectivity index (χ4n) is 5.09. The van der Waals surface area contributed by atoms with Gasteiger partial charge < -0.3 is 4.90 Å². The summed E-state index contributed by atoms with van der Waals surface area (Å²) in [6.07, 6.45) is 4.36. The molecule has 0 spiro atoms. The van der Waals surface area contributed by atoms with E-state index in [1.807, 2.05) is 66.7 Å². The van der Waals surface area contributed by atoms with E-state index in [0.29, 0.717) is 10.1 Å². The summed E-state index contributed by atoms with van der Waals surface area (Å²) in [5.74, 6) is -0.0541. The van der Waals surface area contributed by atoms with E-state index in [-0.39, 0.29) is 11.4 Å². The maximum absolute atomic E-state index is 13.7. The molecule has 0 saturated carbocycles. The summed E-state index contributed by atoms with van der Waals surface area (Å²) in [6, 6.07) is 24.0. The highest BCUT2D eigenvalue weighted by Crippen LogP contribution is 2.42. The number of aliphatic imine (C=N–C) groups is 1. The molecule has 1 amide bonds. The van der Waals surface area contributed by atoms with Gasteiger partial charge in [0.15, 0.2) is 5.17 Å². The number of anilines is 2. The minimum absolute atomic E-state index is 0.0332. The summed E-state index contributed by atoms with van der Waals surface area (Å²) >= 11 is 1.43. The van der Waals surface area contributed by atoms with Gasteiger partial charge >= 0.3 is 0 Å². The van der Waals surface area contributed by atoms with Crippen LogP contribution in [0.1, 0.15) is 44.4 Å². The minimum atomic E-state index is -0.0541. The molecule has 3 aromatic carbocycles. The standard InChI is InChI=1S/C31H31N3OS/c1-6-33-27-17-21(2)23(18-26(27)22(3)20-31(33,4)5)19-28-29(35)34(25-15-11-8-12-16-25)30(36-28)32-24-13-9-7-10-14-24/h7-20H,6H2,1-5H3/b28-19-,32-30?. The van der Waals surface area contributed by atoms with Gasteiger partial charge in [-0.05, 0) is 106 Å². The number of aryl methyl sites for hydroxylation is 1. The van der Waals surface area contributed by atoms with Crippen molar-refractivity contribution in [2.45, 2.75) is 40.2 Å². The highest BCUT2D eigenvalue weighted by Gasteiger charge is 2.35. The Bertz CT molecular complexity index is 1400. The Labute approximate surface area is 218 Å². The molecule has 0 bridgehead atoms. The Morgan fingerprint density at radius 2 is 1.64 bits per heavy atom. The lowest BCUT2D eigenvalue weighted by Gasteiger charge is -2.43. The van der Waals surface area contributed by atoms with E-state index in [9.17, 15) is 4.79 Å². The van der Waals surface area contributed by atoms with E-state index < -0.39 is 0 Å². The number of hydrogen-bond donors (Lipinski definition) is 0. The van der Waals surface area contributed by atoms with E-state index >= 15 is 0 Å². The van der Waals surface area contributed by atoms with Crippen LogP contribution in [0.2, 0.25) is 0 Å². The molecule has 3 aromatic rings. The van der Waals surface area contributed by atoms with E-state index in [0.717, 1.165) is 29.0 Å². The number of likely N-dealkylation sites (N-methyl/N-ethyl adjacent to an activating group) is 1. The maximum Gasteiger partial charge on any atom is 0.271 e. The van der Waals surface area contributed by atoms with Crippen LogP contribution in [0.5, 0.6) is 0 Å². The molecule has 36 heavy (non-hydrogen) atoms. The van der Waals surface area contributed by atoms with Crippen molar-refractivity contribution in [2.24, 2.45) is 4.99 Å². The predicted octanol–water partition coefficient (Wildman–Crippen LogP) is 7.83. The number of amidine groups is 1. The third-order valence-electron chi connectivity index (χ3n) is 6.77. The number of para-hydroxylation sites is 2. The maximum atomic E-state index is 13.7. The van der Waals surface area contributed by atoms with E-state index in [1.54, 1.807) is 4.90 Å². The number of allylic oxidation sites excluding steroid dienone is 1. The van der Waals surface area contributed by atoms with Gasteiger partial charge in [0, 0.05) is 17.8 Å². The molecule has 0 unspecified atom stereocenters. The van der Waals surface area contributed by atoms with Crippen molar-refractivity contribution in [2.75, 3.05) is 16.3 Å². The fraction of sp³-hybridized carbons (Fsp3) is 0.226. The lowest BCUT2D eigenvalue weighted by Crippen LogP contribution is -2.44. The number of rotatable bonds is 4. The number of hydrogen-bond acceptors (Lipinski definition) is 4. The highest BCUT2D eigenvalue weighted by atomic mass is 32.2. The molecule has 0 aliphatic carbocycles. The van der Waals surface area contributed by atoms with Crippen molar-refractivity contribution in [3.63, 3.8) is 0 Å². The zero-order valence-corrected chi connectivity index (χ0v) is 22.3. The largest absolute Gasteiger partial charge is 0.363 e. The molecular formula is C31H31N3OS. The summed E-state index contributed by atoms with van der Waals surface area (Å²) in [4.78, 5) is 23.3. The van der Waals surface area contributed by atoms with Gasteiger partial charge in [0.25, 0.3) is 5.91 Å². The Morgan fingerprint density at radius 1 is 0.972 bits per heavy atom. The lowest BCUT2D eigenvalue weighted by molar-refractivity contribution is -0.113. The van der Waals surface area contributed by atoms with E-state index in [2.05, 4.69) is 57.7 Å². The Kier molecular flexibility index (Phi) is 6.35. The molecule has 1 fully saturated rings. The van der Waals surface area contributed by atoms with Gasteiger partial charge in [0.1, 0.15) is 0 Å². The first-order valence-corrected chi connectivity index (χ1v) is 13.1. The number of benzene rings is 3. The molecule has 0 N–H and O–H groups in total. The van der Waals surface area contributed by atoms with Crippen molar-refractivity contribution in [3.05, 3.63) is 100 Å². The average molecular weight is 494 g/mol. The predicted molar refractivity (Wildman–Crippen MR) is 155 cm³/mol. The molecule has 0 aromatic heterocycles. The Morgan fingerprint density at radius 3 is 2.31 bits per heavy atom. The van der Waals surface area contributed by atoms with Crippen LogP contribution in [0, 0.1) is 6.92 Å². The monoisotopic (exact) mass is 493 g/mol. The molecule has 5 rings (SSSR count). The van der Waals surface area contributed by atoms with Crippen LogP contribution in [0.25, 0.3) is 11.6 Å². The number of carbonyl (C=O) groups excluding carboxylic acids is 1. The number of nitrogens with zero attached hydrogens (tertiary/aromatic N) is 3. The summed E-state index contributed by atoms with van der Waals surface area (Å²) in [7, 11) is 0. The summed E-state index contributed by atoms with van der Waals surface area (Å²) in [5, 5.41) is 0.661. The molecule has 0 radical (unpaired) electrons. The SMILES string of the molecule is CCN1c2cc(C)c(/C=C3\SC(=Nc4ccccc4)N(c4ccccc4)C3=O)cc2C(C)=CC1(C)C. The second-order valence-electron chi connectivity index (χ2n) is 9.77. The van der Waals surface area contributed by atoms with Gasteiger partial charge in [-0.2, -0.15) is 0 Å². The minimum Gasteiger partial charge on any atom is -0.363 e. The van der Waals surface area contributed by atoms with Crippen molar-refractivity contribution >= 4 is 51.5 Å². The van der Waals surface area contributed by atoms with Gasteiger partial charge in [0.05, 0.1) is 21.8 Å². The smallest absolute Gasteiger partial charge is 0.271 e. The number of amides is 1. The van der Waals surface area contributed by atoms with Crippen LogP contribution >= 0.6 is 11.8 Å². The molecule has 4 nitrogen and oxygen atoms in total. The van der Waals surface area contributed by atoms with E-state index in [4.69, 9.17) is 4.99 Å². The van der Waals surface area contributed by atoms with Crippen molar-refractivity contribution in [1.82, 2.24) is 0 Å². The van der Waals surface area contributed by atoms with Gasteiger partial charge in [0.2, 0.25) is 0 Å². The third-order valence-corrected chi connectivity index (χ3v) is 7.74. The number of thioether (sulfide) groups is 1. The first-order chi connectivity index (χ1) is 17.3. The van der Waals surface area contributed by atoms with Gasteiger partial charge in [-0.25, -0.2) is 4.99 Å². The van der Waals surface area contributed by atoms with Crippen LogP contribution in [0.3, 0.4) is 0 Å². The first-order valence-electron chi connectivity index (χ1n) is 12.3. The van der Waals surface area contributed by atoms with Gasteiger partial charge in [-0.3, -0.25) is 9.69 Å². The van der Waals surface area contributed by atoms with Crippen LogP contribution in [-0.4, -0.2) is 23.2 Å². The van der Waals surface area contributed by atoms with Crippen molar-refractivity contribution in [3.8, 4) is 0 Å². The van der Waals surface area contributed by atoms with Crippen molar-refractivity contribution < 1.29 is 4.79 Å². The van der Waals surface area contributed by atoms with Gasteiger partial charge in [-0.15, -0.1) is 0 Å². The Hall–Kier alpha value is -3.57. The van der Waals surface area contributed by atoms with Crippen LogP contribution in [0.15, 0.2) is 88.8 Å². The molecule has 182 valence electrons. The third kappa shape index (κ3) is 4.40. The number of carbonyl (C=O) groups is 1. The molecule has 0 atom stereocenters. The topological polar surface area (TPSA) is 35.9 Å². The Balaban J connectivity index is 1.59. The second-order valence-corrected chi connectivity index (χ2v) is 10.8. The summed E-state index contributed by atoms with van der Waals surface area (Å²) in [5.41, 5.74) is 7.56.